The molecule has 120 valence electrons. The van der Waals surface area contributed by atoms with E-state index in [1.807, 2.05) is 0 Å². The second kappa shape index (κ2) is 8.55. The first kappa shape index (κ1) is 17.3. The van der Waals surface area contributed by atoms with Gasteiger partial charge in [0.25, 0.3) is 5.91 Å². The predicted octanol–water partition coefficient (Wildman–Crippen LogP) is 3.33. The van der Waals surface area contributed by atoms with E-state index in [4.69, 9.17) is 16.3 Å². The van der Waals surface area contributed by atoms with Crippen LogP contribution in [0, 0.1) is 0 Å². The number of rotatable bonds is 5. The van der Waals surface area contributed by atoms with Crippen LogP contribution in [0.15, 0.2) is 53.0 Å². The topological polar surface area (TPSA) is 67.4 Å². The summed E-state index contributed by atoms with van der Waals surface area (Å²) >= 11 is 9.05. The van der Waals surface area contributed by atoms with Crippen molar-refractivity contribution in [2.45, 2.75) is 6.42 Å². The number of carbonyl (C=O) groups is 2. The van der Waals surface area contributed by atoms with E-state index in [-0.39, 0.29) is 24.8 Å². The summed E-state index contributed by atoms with van der Waals surface area (Å²) in [7, 11) is 0. The second-order valence-corrected chi connectivity index (χ2v) is 5.91. The lowest BCUT2D eigenvalue weighted by Gasteiger charge is -2.08. The standard InChI is InChI=1S/C16H14BrClN2O3/c17-12-3-1-11(2-4-12)16(22)20-19-15(21)9-10-23-14-7-5-13(18)6-8-14/h1-8H,9-10H2,(H,19,21)(H,20,22). The average molecular weight is 398 g/mol. The fourth-order valence-electron chi connectivity index (χ4n) is 1.65. The fraction of sp³-hybridized carbons (Fsp3) is 0.125. The summed E-state index contributed by atoms with van der Waals surface area (Å²) in [6.07, 6.45) is 0.114. The van der Waals surface area contributed by atoms with Gasteiger partial charge in [-0.25, -0.2) is 0 Å². The van der Waals surface area contributed by atoms with E-state index >= 15 is 0 Å². The van der Waals surface area contributed by atoms with Crippen LogP contribution in [0.2, 0.25) is 5.02 Å². The molecule has 2 amide bonds. The summed E-state index contributed by atoms with van der Waals surface area (Å²) in [4.78, 5) is 23.4. The van der Waals surface area contributed by atoms with Gasteiger partial charge >= 0.3 is 0 Å². The lowest BCUT2D eigenvalue weighted by atomic mass is 10.2. The van der Waals surface area contributed by atoms with Crippen molar-refractivity contribution in [3.63, 3.8) is 0 Å². The minimum Gasteiger partial charge on any atom is -0.493 e. The Bertz CT molecular complexity index is 675. The molecule has 0 radical (unpaired) electrons. The summed E-state index contributed by atoms with van der Waals surface area (Å²) in [5, 5.41) is 0.616. The molecule has 23 heavy (non-hydrogen) atoms. The van der Waals surface area contributed by atoms with Crippen LogP contribution in [0.3, 0.4) is 0 Å². The normalized spacial score (nSPS) is 10.0. The average Bonchev–Trinajstić information content (AvgIpc) is 2.55. The van der Waals surface area contributed by atoms with Gasteiger partial charge in [-0.15, -0.1) is 0 Å². The van der Waals surface area contributed by atoms with E-state index in [1.165, 1.54) is 0 Å². The Morgan fingerprint density at radius 1 is 1.00 bits per heavy atom. The number of ether oxygens (including phenoxy) is 1. The largest absolute Gasteiger partial charge is 0.493 e. The molecule has 0 atom stereocenters. The van der Waals surface area contributed by atoms with E-state index in [9.17, 15) is 9.59 Å². The smallest absolute Gasteiger partial charge is 0.269 e. The summed E-state index contributed by atoms with van der Waals surface area (Å²) in [5.41, 5.74) is 5.14. The molecular weight excluding hydrogens is 384 g/mol. The van der Waals surface area contributed by atoms with E-state index in [2.05, 4.69) is 26.8 Å². The van der Waals surface area contributed by atoms with Crippen molar-refractivity contribution in [2.24, 2.45) is 0 Å². The third-order valence-electron chi connectivity index (χ3n) is 2.83. The Morgan fingerprint density at radius 3 is 2.30 bits per heavy atom. The van der Waals surface area contributed by atoms with Gasteiger partial charge in [-0.3, -0.25) is 20.4 Å². The SMILES string of the molecule is O=C(CCOc1ccc(Cl)cc1)NNC(=O)c1ccc(Br)cc1. The van der Waals surface area contributed by atoms with Crippen molar-refractivity contribution in [3.05, 3.63) is 63.6 Å². The van der Waals surface area contributed by atoms with Crippen LogP contribution in [0.4, 0.5) is 0 Å². The molecule has 2 aromatic rings. The summed E-state index contributed by atoms with van der Waals surface area (Å²) in [5.74, 6) is -0.102. The molecule has 0 unspecified atom stereocenters. The van der Waals surface area contributed by atoms with Gasteiger partial charge in [0.15, 0.2) is 0 Å². The third kappa shape index (κ3) is 5.92. The maximum atomic E-state index is 11.8. The quantitative estimate of drug-likeness (QED) is 0.761. The highest BCUT2D eigenvalue weighted by Crippen LogP contribution is 2.15. The monoisotopic (exact) mass is 396 g/mol. The second-order valence-electron chi connectivity index (χ2n) is 4.56. The van der Waals surface area contributed by atoms with Crippen LogP contribution in [0.1, 0.15) is 16.8 Å². The molecule has 0 fully saturated rings. The molecular formula is C16H14BrClN2O3. The van der Waals surface area contributed by atoms with Crippen molar-refractivity contribution in [1.29, 1.82) is 0 Å². The van der Waals surface area contributed by atoms with Crippen molar-refractivity contribution in [3.8, 4) is 5.75 Å². The highest BCUT2D eigenvalue weighted by Gasteiger charge is 2.07. The molecule has 0 spiro atoms. The van der Waals surface area contributed by atoms with Crippen LogP contribution in [-0.4, -0.2) is 18.4 Å². The maximum Gasteiger partial charge on any atom is 0.269 e. The Hall–Kier alpha value is -2.05. The van der Waals surface area contributed by atoms with Gasteiger partial charge in [0, 0.05) is 15.1 Å². The molecule has 0 aliphatic rings. The molecule has 2 rings (SSSR count). The first-order chi connectivity index (χ1) is 11.0. The van der Waals surface area contributed by atoms with E-state index in [1.54, 1.807) is 48.5 Å². The lowest BCUT2D eigenvalue weighted by Crippen LogP contribution is -2.42. The van der Waals surface area contributed by atoms with E-state index in [0.29, 0.717) is 16.3 Å². The van der Waals surface area contributed by atoms with Crippen LogP contribution < -0.4 is 15.6 Å². The molecule has 2 aromatic carbocycles. The minimum absolute atomic E-state index is 0.114. The Labute approximate surface area is 147 Å². The Kier molecular flexibility index (Phi) is 6.43. The number of nitrogens with one attached hydrogen (secondary N) is 2. The van der Waals surface area contributed by atoms with Gasteiger partial charge in [0.1, 0.15) is 5.75 Å². The van der Waals surface area contributed by atoms with Crippen molar-refractivity contribution < 1.29 is 14.3 Å². The number of hydrogen-bond acceptors (Lipinski definition) is 3. The van der Waals surface area contributed by atoms with Crippen LogP contribution in [-0.2, 0) is 4.79 Å². The molecule has 2 N–H and O–H groups in total. The number of hydrogen-bond donors (Lipinski definition) is 2. The number of amides is 2. The number of hydrazine groups is 1. The number of benzene rings is 2. The molecule has 7 heteroatoms. The van der Waals surface area contributed by atoms with Crippen LogP contribution >= 0.6 is 27.5 Å². The van der Waals surface area contributed by atoms with Crippen LogP contribution in [0.25, 0.3) is 0 Å². The van der Waals surface area contributed by atoms with Gasteiger partial charge in [0.05, 0.1) is 13.0 Å². The summed E-state index contributed by atoms with van der Waals surface area (Å²) < 4.78 is 6.27. The molecule has 0 aliphatic heterocycles. The highest BCUT2D eigenvalue weighted by atomic mass is 79.9. The number of carbonyl (C=O) groups excluding carboxylic acids is 2. The van der Waals surface area contributed by atoms with Gasteiger partial charge in [0.2, 0.25) is 5.91 Å². The van der Waals surface area contributed by atoms with Gasteiger partial charge in [-0.1, -0.05) is 27.5 Å². The number of halogens is 2. The zero-order valence-corrected chi connectivity index (χ0v) is 14.4. The minimum atomic E-state index is -0.385. The predicted molar refractivity (Wildman–Crippen MR) is 91.3 cm³/mol. The fourth-order valence-corrected chi connectivity index (χ4v) is 2.05. The first-order valence-corrected chi connectivity index (χ1v) is 7.95. The molecule has 0 saturated carbocycles. The molecule has 0 bridgehead atoms. The van der Waals surface area contributed by atoms with Gasteiger partial charge < -0.3 is 4.74 Å². The molecule has 0 heterocycles. The summed E-state index contributed by atoms with van der Waals surface area (Å²) in [6.45, 7) is 0.196. The Morgan fingerprint density at radius 2 is 1.65 bits per heavy atom. The van der Waals surface area contributed by atoms with E-state index < -0.39 is 0 Å². The molecule has 0 saturated heterocycles. The summed E-state index contributed by atoms with van der Waals surface area (Å²) in [6, 6.07) is 13.6. The van der Waals surface area contributed by atoms with Gasteiger partial charge in [-0.2, -0.15) is 0 Å². The molecule has 0 aliphatic carbocycles. The third-order valence-corrected chi connectivity index (χ3v) is 3.61. The lowest BCUT2D eigenvalue weighted by molar-refractivity contribution is -0.122. The molecule has 5 nitrogen and oxygen atoms in total. The van der Waals surface area contributed by atoms with E-state index in [0.717, 1.165) is 4.47 Å². The van der Waals surface area contributed by atoms with Gasteiger partial charge in [-0.05, 0) is 48.5 Å². The van der Waals surface area contributed by atoms with Crippen molar-refractivity contribution in [1.82, 2.24) is 10.9 Å². The Balaban J connectivity index is 1.69. The van der Waals surface area contributed by atoms with Crippen molar-refractivity contribution >= 4 is 39.3 Å². The zero-order chi connectivity index (χ0) is 16.7. The van der Waals surface area contributed by atoms with Crippen LogP contribution in [0.5, 0.6) is 5.75 Å². The molecule has 0 aromatic heterocycles. The highest BCUT2D eigenvalue weighted by molar-refractivity contribution is 9.10. The first-order valence-electron chi connectivity index (χ1n) is 6.78. The zero-order valence-electron chi connectivity index (χ0n) is 12.0. The maximum absolute atomic E-state index is 11.8. The van der Waals surface area contributed by atoms with Crippen molar-refractivity contribution in [2.75, 3.05) is 6.61 Å².